The van der Waals surface area contributed by atoms with E-state index in [2.05, 4.69) is 27.6 Å². The van der Waals surface area contributed by atoms with Gasteiger partial charge in [-0.15, -0.1) is 0 Å². The Bertz CT molecular complexity index is 729. The molecule has 24 heavy (non-hydrogen) atoms. The molecule has 0 radical (unpaired) electrons. The second-order valence-corrected chi connectivity index (χ2v) is 6.05. The van der Waals surface area contributed by atoms with Gasteiger partial charge in [0.1, 0.15) is 5.75 Å². The smallest absolute Gasteiger partial charge is 0.189 e. The maximum absolute atomic E-state index is 5.26. The number of thiocarbonyl (C=S) groups is 2. The Hall–Kier alpha value is -2.38. The highest BCUT2D eigenvalue weighted by Crippen LogP contribution is 2.22. The Balaban J connectivity index is 1.86. The molecule has 0 atom stereocenters. The molecule has 0 aliphatic rings. The number of para-hydroxylation sites is 2. The van der Waals surface area contributed by atoms with E-state index in [1.54, 1.807) is 7.11 Å². The molecule has 2 rings (SSSR count). The number of anilines is 2. The molecule has 126 valence electrons. The lowest BCUT2D eigenvalue weighted by atomic mass is 10.1. The van der Waals surface area contributed by atoms with E-state index in [0.717, 1.165) is 11.4 Å². The number of benzene rings is 2. The van der Waals surface area contributed by atoms with Crippen LogP contribution in [0, 0.1) is 13.8 Å². The minimum atomic E-state index is 0.379. The first-order chi connectivity index (χ1) is 11.5. The molecule has 0 unspecified atom stereocenters. The van der Waals surface area contributed by atoms with Gasteiger partial charge in [0, 0.05) is 5.69 Å². The van der Waals surface area contributed by atoms with Crippen molar-refractivity contribution in [1.29, 1.82) is 0 Å². The number of methoxy groups -OCH3 is 1. The molecule has 0 aliphatic carbocycles. The third-order valence-corrected chi connectivity index (χ3v) is 3.53. The van der Waals surface area contributed by atoms with Crippen molar-refractivity contribution in [3.63, 3.8) is 0 Å². The summed E-state index contributed by atoms with van der Waals surface area (Å²) in [6.45, 7) is 4.08. The van der Waals surface area contributed by atoms with Crippen LogP contribution in [0.15, 0.2) is 42.5 Å². The zero-order chi connectivity index (χ0) is 17.5. The van der Waals surface area contributed by atoms with Gasteiger partial charge in [-0.3, -0.25) is 10.9 Å². The van der Waals surface area contributed by atoms with Crippen molar-refractivity contribution < 1.29 is 4.74 Å². The molecular weight excluding hydrogens is 340 g/mol. The highest BCUT2D eigenvalue weighted by molar-refractivity contribution is 7.81. The topological polar surface area (TPSA) is 57.4 Å². The van der Waals surface area contributed by atoms with E-state index in [1.807, 2.05) is 50.2 Å². The van der Waals surface area contributed by atoms with Crippen molar-refractivity contribution in [2.24, 2.45) is 0 Å². The van der Waals surface area contributed by atoms with Crippen LogP contribution in [-0.4, -0.2) is 17.3 Å². The number of hydrazine groups is 1. The highest BCUT2D eigenvalue weighted by Gasteiger charge is 2.04. The van der Waals surface area contributed by atoms with Gasteiger partial charge in [-0.25, -0.2) is 0 Å². The molecule has 0 bridgehead atoms. The first-order valence-electron chi connectivity index (χ1n) is 7.33. The molecule has 0 saturated carbocycles. The lowest BCUT2D eigenvalue weighted by molar-refractivity contribution is 0.417. The lowest BCUT2D eigenvalue weighted by Gasteiger charge is -2.16. The molecule has 0 aromatic heterocycles. The van der Waals surface area contributed by atoms with E-state index in [1.165, 1.54) is 11.1 Å². The van der Waals surface area contributed by atoms with Crippen LogP contribution in [0.1, 0.15) is 11.1 Å². The van der Waals surface area contributed by atoms with Crippen molar-refractivity contribution in [1.82, 2.24) is 10.9 Å². The first kappa shape index (κ1) is 18.0. The normalized spacial score (nSPS) is 9.79. The van der Waals surface area contributed by atoms with Crippen LogP contribution < -0.4 is 26.2 Å². The van der Waals surface area contributed by atoms with E-state index >= 15 is 0 Å². The van der Waals surface area contributed by atoms with Crippen LogP contribution in [0.4, 0.5) is 11.4 Å². The number of hydrogen-bond donors (Lipinski definition) is 4. The fourth-order valence-electron chi connectivity index (χ4n) is 2.22. The van der Waals surface area contributed by atoms with Gasteiger partial charge in [-0.2, -0.15) is 0 Å². The van der Waals surface area contributed by atoms with Crippen LogP contribution in [-0.2, 0) is 0 Å². The summed E-state index contributed by atoms with van der Waals surface area (Å²) in [5.41, 5.74) is 9.73. The summed E-state index contributed by atoms with van der Waals surface area (Å²) in [5.74, 6) is 0.706. The van der Waals surface area contributed by atoms with Crippen LogP contribution in [0.5, 0.6) is 5.75 Å². The SMILES string of the molecule is COc1ccccc1NC(=S)NNC(=S)Nc1cc(C)cc(C)c1. The van der Waals surface area contributed by atoms with Crippen LogP contribution >= 0.6 is 24.4 Å². The minimum Gasteiger partial charge on any atom is -0.495 e. The predicted octanol–water partition coefficient (Wildman–Crippen LogP) is 3.50. The van der Waals surface area contributed by atoms with E-state index < -0.39 is 0 Å². The Labute approximate surface area is 152 Å². The standard InChI is InChI=1S/C17H20N4OS2/c1-11-8-12(2)10-13(9-11)18-16(23)20-21-17(24)19-14-6-4-5-7-15(14)22-3/h4-10H,1-3H3,(H2,18,20,23)(H2,19,21,24). The third kappa shape index (κ3) is 5.36. The molecule has 0 heterocycles. The summed E-state index contributed by atoms with van der Waals surface area (Å²) >= 11 is 10.5. The molecular formula is C17H20N4OS2. The molecule has 4 N–H and O–H groups in total. The Morgan fingerprint density at radius 1 is 0.875 bits per heavy atom. The van der Waals surface area contributed by atoms with Gasteiger partial charge in [0.2, 0.25) is 0 Å². The Kier molecular flexibility index (Phi) is 6.34. The number of rotatable bonds is 3. The fraction of sp³-hybridized carbons (Fsp3) is 0.176. The first-order valence-corrected chi connectivity index (χ1v) is 8.15. The average Bonchev–Trinajstić information content (AvgIpc) is 2.52. The number of aryl methyl sites for hydroxylation is 2. The molecule has 0 aliphatic heterocycles. The van der Waals surface area contributed by atoms with Gasteiger partial charge < -0.3 is 15.4 Å². The third-order valence-electron chi connectivity index (χ3n) is 3.12. The summed E-state index contributed by atoms with van der Waals surface area (Å²) in [4.78, 5) is 0. The summed E-state index contributed by atoms with van der Waals surface area (Å²) in [5, 5.41) is 6.95. The Morgan fingerprint density at radius 3 is 2.08 bits per heavy atom. The maximum atomic E-state index is 5.26. The van der Waals surface area contributed by atoms with Gasteiger partial charge >= 0.3 is 0 Å². The van der Waals surface area contributed by atoms with Crippen molar-refractivity contribution in [3.8, 4) is 5.75 Å². The fourth-order valence-corrected chi connectivity index (χ4v) is 2.55. The zero-order valence-electron chi connectivity index (χ0n) is 13.8. The van der Waals surface area contributed by atoms with Gasteiger partial charge in [-0.1, -0.05) is 18.2 Å². The van der Waals surface area contributed by atoms with Crippen molar-refractivity contribution >= 4 is 46.0 Å². The molecule has 0 spiro atoms. The van der Waals surface area contributed by atoms with Gasteiger partial charge in [0.25, 0.3) is 0 Å². The summed E-state index contributed by atoms with van der Waals surface area (Å²) in [6, 6.07) is 13.7. The molecule has 0 saturated heterocycles. The second-order valence-electron chi connectivity index (χ2n) is 5.23. The molecule has 2 aromatic rings. The molecule has 0 amide bonds. The predicted molar refractivity (Wildman–Crippen MR) is 108 cm³/mol. The van der Waals surface area contributed by atoms with Gasteiger partial charge in [-0.05, 0) is 73.7 Å². The average molecular weight is 361 g/mol. The number of nitrogens with one attached hydrogen (secondary N) is 4. The maximum Gasteiger partial charge on any atom is 0.189 e. The van der Waals surface area contributed by atoms with E-state index in [4.69, 9.17) is 29.2 Å². The largest absolute Gasteiger partial charge is 0.495 e. The summed E-state index contributed by atoms with van der Waals surface area (Å²) < 4.78 is 5.26. The van der Waals surface area contributed by atoms with Gasteiger partial charge in [0.05, 0.1) is 12.8 Å². The van der Waals surface area contributed by atoms with E-state index in [0.29, 0.717) is 16.0 Å². The molecule has 5 nitrogen and oxygen atoms in total. The van der Waals surface area contributed by atoms with Crippen LogP contribution in [0.2, 0.25) is 0 Å². The zero-order valence-corrected chi connectivity index (χ0v) is 15.4. The summed E-state index contributed by atoms with van der Waals surface area (Å²) in [7, 11) is 1.61. The quantitative estimate of drug-likeness (QED) is 0.494. The van der Waals surface area contributed by atoms with E-state index in [-0.39, 0.29) is 0 Å². The Morgan fingerprint density at radius 2 is 1.46 bits per heavy atom. The minimum absolute atomic E-state index is 0.379. The van der Waals surface area contributed by atoms with Crippen molar-refractivity contribution in [3.05, 3.63) is 53.6 Å². The number of ether oxygens (including phenoxy) is 1. The lowest BCUT2D eigenvalue weighted by Crippen LogP contribution is -2.45. The molecule has 2 aromatic carbocycles. The van der Waals surface area contributed by atoms with Crippen LogP contribution in [0.3, 0.4) is 0 Å². The summed E-state index contributed by atoms with van der Waals surface area (Å²) in [6.07, 6.45) is 0. The second kappa shape index (κ2) is 8.47. The van der Waals surface area contributed by atoms with Crippen LogP contribution in [0.25, 0.3) is 0 Å². The van der Waals surface area contributed by atoms with Crippen molar-refractivity contribution in [2.45, 2.75) is 13.8 Å². The molecule has 0 fully saturated rings. The van der Waals surface area contributed by atoms with E-state index in [9.17, 15) is 0 Å². The van der Waals surface area contributed by atoms with Crippen molar-refractivity contribution in [2.75, 3.05) is 17.7 Å². The van der Waals surface area contributed by atoms with Gasteiger partial charge in [0.15, 0.2) is 10.2 Å². The highest BCUT2D eigenvalue weighted by atomic mass is 32.1. The number of hydrogen-bond acceptors (Lipinski definition) is 3. The molecule has 7 heteroatoms. The monoisotopic (exact) mass is 360 g/mol.